The van der Waals surface area contributed by atoms with Gasteiger partial charge in [0.25, 0.3) is 0 Å². The van der Waals surface area contributed by atoms with Crippen molar-refractivity contribution < 1.29 is 14.3 Å². The topological polar surface area (TPSA) is 43.4 Å². The molecular formula is C39H56O3. The fourth-order valence-electron chi connectivity index (χ4n) is 8.95. The molecule has 3 nitrogen and oxygen atoms in total. The minimum atomic E-state index is -0.270. The summed E-state index contributed by atoms with van der Waals surface area (Å²) in [5, 5.41) is 0. The Morgan fingerprint density at radius 1 is 0.810 bits per heavy atom. The van der Waals surface area contributed by atoms with Crippen molar-refractivity contribution in [1.29, 1.82) is 0 Å². The molecule has 42 heavy (non-hydrogen) atoms. The standard InChI is InChI=1S/C27H30O2.C11H24.CH2O/c1-26-13-11-22-21-10-8-20(29-25(28)18-5-3-2-4-6-18)17-19(21)7-9-23(22)24(26)12-14-27(26)15-16-27;1-3-5-7-9-11-10-8-6-4-2;1-2/h2-6,8,10,17,22-24H,7,9,11-16H2,1H3;3-11H2,1-2H3;1H2. The highest BCUT2D eigenvalue weighted by molar-refractivity contribution is 5.91. The van der Waals surface area contributed by atoms with E-state index in [0.29, 0.717) is 22.6 Å². The Hall–Kier alpha value is -2.42. The largest absolute Gasteiger partial charge is 0.423 e. The van der Waals surface area contributed by atoms with E-state index in [9.17, 15) is 4.79 Å². The van der Waals surface area contributed by atoms with Gasteiger partial charge in [0.2, 0.25) is 0 Å². The van der Waals surface area contributed by atoms with Crippen LogP contribution in [0.5, 0.6) is 5.75 Å². The van der Waals surface area contributed by atoms with Crippen molar-refractivity contribution in [3.63, 3.8) is 0 Å². The van der Waals surface area contributed by atoms with Crippen LogP contribution in [0.2, 0.25) is 0 Å². The summed E-state index contributed by atoms with van der Waals surface area (Å²) in [6, 6.07) is 15.7. The minimum absolute atomic E-state index is 0.270. The number of fused-ring (bicyclic) bond motifs is 6. The Morgan fingerprint density at radius 2 is 1.45 bits per heavy atom. The molecule has 0 saturated heterocycles. The molecule has 0 radical (unpaired) electrons. The van der Waals surface area contributed by atoms with Crippen LogP contribution in [0.25, 0.3) is 0 Å². The van der Waals surface area contributed by atoms with Gasteiger partial charge < -0.3 is 9.53 Å². The maximum absolute atomic E-state index is 12.4. The molecule has 0 heterocycles. The molecule has 4 aliphatic rings. The van der Waals surface area contributed by atoms with Crippen LogP contribution in [-0.4, -0.2) is 12.8 Å². The van der Waals surface area contributed by atoms with E-state index in [4.69, 9.17) is 9.53 Å². The normalized spacial score (nSPS) is 25.9. The first-order valence-corrected chi connectivity index (χ1v) is 17.2. The van der Waals surface area contributed by atoms with Gasteiger partial charge in [-0.3, -0.25) is 0 Å². The summed E-state index contributed by atoms with van der Waals surface area (Å²) in [6.45, 7) is 9.18. The van der Waals surface area contributed by atoms with Crippen LogP contribution >= 0.6 is 0 Å². The summed E-state index contributed by atoms with van der Waals surface area (Å²) in [5.41, 5.74) is 4.88. The number of rotatable bonds is 10. The monoisotopic (exact) mass is 572 g/mol. The first kappa shape index (κ1) is 32.5. The van der Waals surface area contributed by atoms with Crippen molar-refractivity contribution in [1.82, 2.24) is 0 Å². The molecule has 6 rings (SSSR count). The van der Waals surface area contributed by atoms with Gasteiger partial charge in [-0.15, -0.1) is 0 Å². The van der Waals surface area contributed by atoms with Gasteiger partial charge in [0.1, 0.15) is 12.5 Å². The molecule has 0 N–H and O–H groups in total. The average Bonchev–Trinajstić information content (AvgIpc) is 3.77. The molecule has 3 saturated carbocycles. The van der Waals surface area contributed by atoms with Crippen molar-refractivity contribution in [3.05, 3.63) is 65.2 Å². The molecular weight excluding hydrogens is 516 g/mol. The highest BCUT2D eigenvalue weighted by Gasteiger charge is 2.66. The second kappa shape index (κ2) is 15.3. The van der Waals surface area contributed by atoms with Crippen molar-refractivity contribution >= 4 is 12.8 Å². The minimum Gasteiger partial charge on any atom is -0.423 e. The molecule has 3 heteroatoms. The van der Waals surface area contributed by atoms with E-state index in [1.165, 1.54) is 108 Å². The second-order valence-corrected chi connectivity index (χ2v) is 13.8. The number of hydrogen-bond donors (Lipinski definition) is 0. The number of unbranched alkanes of at least 4 members (excludes halogenated alkanes) is 8. The summed E-state index contributed by atoms with van der Waals surface area (Å²) in [7, 11) is 0. The first-order valence-electron chi connectivity index (χ1n) is 17.2. The van der Waals surface area contributed by atoms with Crippen LogP contribution < -0.4 is 4.74 Å². The van der Waals surface area contributed by atoms with Gasteiger partial charge >= 0.3 is 5.97 Å². The Bertz CT molecular complexity index is 1110. The fraction of sp³-hybridized carbons (Fsp3) is 0.641. The zero-order valence-electron chi connectivity index (χ0n) is 26.8. The number of carbonyl (C=O) groups excluding carboxylic acids is 2. The number of aryl methyl sites for hydroxylation is 1. The molecule has 4 atom stereocenters. The van der Waals surface area contributed by atoms with Crippen LogP contribution in [0.15, 0.2) is 48.5 Å². The molecule has 2 aromatic carbocycles. The summed E-state index contributed by atoms with van der Waals surface area (Å²) in [6.07, 6.45) is 24.1. The van der Waals surface area contributed by atoms with Crippen molar-refractivity contribution in [2.75, 3.05) is 0 Å². The quantitative estimate of drug-likeness (QED) is 0.162. The molecule has 4 aliphatic carbocycles. The lowest BCUT2D eigenvalue weighted by Crippen LogP contribution is -2.42. The molecule has 1 spiro atoms. The van der Waals surface area contributed by atoms with Crippen molar-refractivity contribution in [2.45, 2.75) is 136 Å². The predicted molar refractivity (Wildman–Crippen MR) is 174 cm³/mol. The lowest BCUT2D eigenvalue weighted by Gasteiger charge is -2.51. The van der Waals surface area contributed by atoms with Gasteiger partial charge in [-0.2, -0.15) is 0 Å². The summed E-state index contributed by atoms with van der Waals surface area (Å²) < 4.78 is 5.68. The van der Waals surface area contributed by atoms with Crippen LogP contribution in [0.3, 0.4) is 0 Å². The van der Waals surface area contributed by atoms with Crippen molar-refractivity contribution in [3.8, 4) is 5.75 Å². The number of hydrogen-bond acceptors (Lipinski definition) is 3. The van der Waals surface area contributed by atoms with Gasteiger partial charge in [-0.05, 0) is 115 Å². The SMILES string of the molecule is C=O.CC12CCC3c4ccc(OC(=O)c5ccccc5)cc4CCC3C1CCC21CC1.CCCCCCCCCCC. The molecule has 2 aromatic rings. The number of carbonyl (C=O) groups is 2. The molecule has 3 fully saturated rings. The number of ether oxygens (including phenoxy) is 1. The molecule has 230 valence electrons. The van der Waals surface area contributed by atoms with E-state index in [-0.39, 0.29) is 5.97 Å². The average molecular weight is 573 g/mol. The first-order chi connectivity index (χ1) is 20.5. The number of esters is 1. The van der Waals surface area contributed by atoms with Crippen LogP contribution in [0.1, 0.15) is 151 Å². The molecule has 4 unspecified atom stereocenters. The Morgan fingerprint density at radius 3 is 2.07 bits per heavy atom. The zero-order chi connectivity index (χ0) is 30.0. The smallest absolute Gasteiger partial charge is 0.343 e. The predicted octanol–water partition coefficient (Wildman–Crippen LogP) is 10.9. The Kier molecular flexibility index (Phi) is 11.9. The Labute approximate surface area is 256 Å². The maximum Gasteiger partial charge on any atom is 0.343 e. The summed E-state index contributed by atoms with van der Waals surface area (Å²) in [5.74, 6) is 2.92. The van der Waals surface area contributed by atoms with E-state index in [2.05, 4.69) is 32.9 Å². The van der Waals surface area contributed by atoms with Crippen LogP contribution in [-0.2, 0) is 11.2 Å². The molecule has 0 aliphatic heterocycles. The number of benzene rings is 2. The van der Waals surface area contributed by atoms with E-state index in [0.717, 1.165) is 23.7 Å². The third kappa shape index (κ3) is 7.20. The van der Waals surface area contributed by atoms with Gasteiger partial charge in [0.15, 0.2) is 0 Å². The van der Waals surface area contributed by atoms with E-state index in [1.54, 1.807) is 17.7 Å². The zero-order valence-corrected chi connectivity index (χ0v) is 26.8. The van der Waals surface area contributed by atoms with E-state index < -0.39 is 0 Å². The summed E-state index contributed by atoms with van der Waals surface area (Å²) in [4.78, 5) is 20.4. The van der Waals surface area contributed by atoms with Crippen LogP contribution in [0.4, 0.5) is 0 Å². The maximum atomic E-state index is 12.4. The summed E-state index contributed by atoms with van der Waals surface area (Å²) >= 11 is 0. The fourth-order valence-corrected chi connectivity index (χ4v) is 8.95. The van der Waals surface area contributed by atoms with Gasteiger partial charge in [-0.25, -0.2) is 4.79 Å². The van der Waals surface area contributed by atoms with Crippen LogP contribution in [0, 0.1) is 22.7 Å². The lowest BCUT2D eigenvalue weighted by molar-refractivity contribution is -0.0980. The van der Waals surface area contributed by atoms with Gasteiger partial charge in [-0.1, -0.05) is 103 Å². The molecule has 0 amide bonds. The highest BCUT2D eigenvalue weighted by Crippen LogP contribution is 2.75. The highest BCUT2D eigenvalue weighted by atomic mass is 16.5. The third-order valence-electron chi connectivity index (χ3n) is 11.5. The van der Waals surface area contributed by atoms with Gasteiger partial charge in [0.05, 0.1) is 5.56 Å². The van der Waals surface area contributed by atoms with Gasteiger partial charge in [0, 0.05) is 0 Å². The molecule has 0 bridgehead atoms. The Balaban J connectivity index is 0.000000267. The second-order valence-electron chi connectivity index (χ2n) is 13.8. The molecule has 0 aromatic heterocycles. The van der Waals surface area contributed by atoms with E-state index in [1.807, 2.05) is 31.1 Å². The van der Waals surface area contributed by atoms with Crippen molar-refractivity contribution in [2.24, 2.45) is 22.7 Å². The lowest BCUT2D eigenvalue weighted by atomic mass is 9.53. The van der Waals surface area contributed by atoms with E-state index >= 15 is 0 Å². The third-order valence-corrected chi connectivity index (χ3v) is 11.5.